The number of aryl methyl sites for hydroxylation is 2. The largest absolute Gasteiger partial charge is 0.356 e. The second kappa shape index (κ2) is 3.92. The highest BCUT2D eigenvalue weighted by atomic mass is 16.1. The summed E-state index contributed by atoms with van der Waals surface area (Å²) in [4.78, 5) is 20.0. The Morgan fingerprint density at radius 2 is 2.06 bits per heavy atom. The van der Waals surface area contributed by atoms with E-state index in [9.17, 15) is 4.79 Å². The summed E-state index contributed by atoms with van der Waals surface area (Å²) in [5.41, 5.74) is 2.26. The van der Waals surface area contributed by atoms with Gasteiger partial charge in [0.2, 0.25) is 5.95 Å². The van der Waals surface area contributed by atoms with Crippen molar-refractivity contribution in [3.63, 3.8) is 0 Å². The fraction of sp³-hybridized carbons (Fsp3) is 0.364. The molecule has 16 heavy (non-hydrogen) atoms. The summed E-state index contributed by atoms with van der Waals surface area (Å²) >= 11 is 0. The first-order valence-corrected chi connectivity index (χ1v) is 5.24. The molecule has 0 radical (unpaired) electrons. The lowest BCUT2D eigenvalue weighted by atomic mass is 10.2. The van der Waals surface area contributed by atoms with Crippen LogP contribution in [0.15, 0.2) is 16.9 Å². The fourth-order valence-electron chi connectivity index (χ4n) is 1.58. The van der Waals surface area contributed by atoms with Crippen molar-refractivity contribution in [3.8, 4) is 0 Å². The lowest BCUT2D eigenvalue weighted by Gasteiger charge is -2.08. The lowest BCUT2D eigenvalue weighted by Crippen LogP contribution is -2.23. The predicted molar refractivity (Wildman–Crippen MR) is 62.9 cm³/mol. The number of nitrogens with one attached hydrogen (secondary N) is 1. The Balaban J connectivity index is 2.76. The van der Waals surface area contributed by atoms with Gasteiger partial charge in [0.05, 0.1) is 0 Å². The third-order valence-electron chi connectivity index (χ3n) is 2.57. The van der Waals surface area contributed by atoms with Gasteiger partial charge in [-0.1, -0.05) is 6.07 Å². The molecule has 2 aromatic heterocycles. The van der Waals surface area contributed by atoms with Crippen LogP contribution in [0, 0.1) is 13.8 Å². The molecule has 0 aliphatic carbocycles. The average molecular weight is 218 g/mol. The van der Waals surface area contributed by atoms with Crippen molar-refractivity contribution in [1.29, 1.82) is 0 Å². The summed E-state index contributed by atoms with van der Waals surface area (Å²) in [5, 5.41) is 2.94. The van der Waals surface area contributed by atoms with Gasteiger partial charge < -0.3 is 5.32 Å². The van der Waals surface area contributed by atoms with Crippen molar-refractivity contribution in [2.75, 3.05) is 11.9 Å². The lowest BCUT2D eigenvalue weighted by molar-refractivity contribution is 0.896. The highest BCUT2D eigenvalue weighted by Crippen LogP contribution is 2.08. The van der Waals surface area contributed by atoms with Gasteiger partial charge in [-0.05, 0) is 32.4 Å². The van der Waals surface area contributed by atoms with Crippen LogP contribution in [0.5, 0.6) is 0 Å². The van der Waals surface area contributed by atoms with Crippen molar-refractivity contribution in [2.45, 2.75) is 20.8 Å². The standard InChI is InChI=1S/C11H14N4O/c1-4-12-10-13-9-6-5-7(2)8(3)15(9)11(16)14-10/h5-6H,4H2,1-3H3,(H,12,14,16). The number of aromatic nitrogens is 3. The number of fused-ring (bicyclic) bond motifs is 1. The smallest absolute Gasteiger partial charge is 0.354 e. The van der Waals surface area contributed by atoms with Crippen LogP contribution >= 0.6 is 0 Å². The molecule has 0 aliphatic rings. The van der Waals surface area contributed by atoms with Gasteiger partial charge in [0, 0.05) is 12.2 Å². The maximum atomic E-state index is 11.8. The van der Waals surface area contributed by atoms with Gasteiger partial charge in [0.25, 0.3) is 0 Å². The van der Waals surface area contributed by atoms with E-state index in [2.05, 4.69) is 15.3 Å². The second-order valence-corrected chi connectivity index (χ2v) is 3.66. The normalized spacial score (nSPS) is 10.7. The van der Waals surface area contributed by atoms with Gasteiger partial charge in [-0.3, -0.25) is 0 Å². The topological polar surface area (TPSA) is 59.3 Å². The first kappa shape index (κ1) is 10.6. The van der Waals surface area contributed by atoms with Crippen LogP contribution in [-0.4, -0.2) is 20.9 Å². The molecule has 0 amide bonds. The van der Waals surface area contributed by atoms with Crippen molar-refractivity contribution < 1.29 is 0 Å². The van der Waals surface area contributed by atoms with Crippen LogP contribution in [0.3, 0.4) is 0 Å². The molecule has 0 atom stereocenters. The van der Waals surface area contributed by atoms with Gasteiger partial charge in [0.15, 0.2) is 0 Å². The van der Waals surface area contributed by atoms with Crippen molar-refractivity contribution >= 4 is 11.6 Å². The van der Waals surface area contributed by atoms with Crippen LogP contribution in [0.4, 0.5) is 5.95 Å². The molecule has 2 rings (SSSR count). The minimum atomic E-state index is -0.290. The third kappa shape index (κ3) is 1.64. The van der Waals surface area contributed by atoms with E-state index in [1.807, 2.05) is 32.9 Å². The summed E-state index contributed by atoms with van der Waals surface area (Å²) < 4.78 is 1.52. The Labute approximate surface area is 93.2 Å². The van der Waals surface area contributed by atoms with Crippen LogP contribution in [0.2, 0.25) is 0 Å². The van der Waals surface area contributed by atoms with E-state index in [0.29, 0.717) is 18.1 Å². The van der Waals surface area contributed by atoms with Gasteiger partial charge in [-0.15, -0.1) is 0 Å². The Hall–Kier alpha value is -1.91. The fourth-order valence-corrected chi connectivity index (χ4v) is 1.58. The molecular formula is C11H14N4O. The second-order valence-electron chi connectivity index (χ2n) is 3.66. The predicted octanol–water partition coefficient (Wildman–Crippen LogP) is 1.14. The van der Waals surface area contributed by atoms with Crippen molar-refractivity contribution in [2.24, 2.45) is 0 Å². The molecule has 0 aromatic carbocycles. The number of hydrogen-bond donors (Lipinski definition) is 1. The molecule has 2 aromatic rings. The van der Waals surface area contributed by atoms with E-state index < -0.39 is 0 Å². The molecule has 84 valence electrons. The van der Waals surface area contributed by atoms with E-state index in [4.69, 9.17) is 0 Å². The van der Waals surface area contributed by atoms with Gasteiger partial charge >= 0.3 is 5.69 Å². The number of hydrogen-bond acceptors (Lipinski definition) is 4. The zero-order valence-electron chi connectivity index (χ0n) is 9.61. The quantitative estimate of drug-likeness (QED) is 0.821. The van der Waals surface area contributed by atoms with Gasteiger partial charge in [-0.2, -0.15) is 9.97 Å². The number of anilines is 1. The third-order valence-corrected chi connectivity index (χ3v) is 2.57. The molecule has 0 spiro atoms. The van der Waals surface area contributed by atoms with Crippen LogP contribution in [-0.2, 0) is 0 Å². The molecule has 0 bridgehead atoms. The molecule has 2 heterocycles. The van der Waals surface area contributed by atoms with Crippen LogP contribution in [0.1, 0.15) is 18.2 Å². The zero-order valence-corrected chi connectivity index (χ0v) is 9.61. The number of nitrogens with zero attached hydrogens (tertiary/aromatic N) is 3. The number of pyridine rings is 1. The number of rotatable bonds is 2. The SMILES string of the molecule is CCNc1nc(=O)n2c(C)c(C)ccc2n1. The molecular weight excluding hydrogens is 204 g/mol. The van der Waals surface area contributed by atoms with E-state index in [1.165, 1.54) is 4.40 Å². The average Bonchev–Trinajstić information content (AvgIpc) is 2.23. The van der Waals surface area contributed by atoms with E-state index in [0.717, 1.165) is 11.3 Å². The van der Waals surface area contributed by atoms with E-state index in [-0.39, 0.29) is 5.69 Å². The summed E-state index contributed by atoms with van der Waals surface area (Å²) in [6.07, 6.45) is 0. The summed E-state index contributed by atoms with van der Waals surface area (Å²) in [5.74, 6) is 0.385. The first-order valence-electron chi connectivity index (χ1n) is 5.24. The summed E-state index contributed by atoms with van der Waals surface area (Å²) in [6, 6.07) is 3.78. The molecule has 5 nitrogen and oxygen atoms in total. The first-order chi connectivity index (χ1) is 7.63. The van der Waals surface area contributed by atoms with E-state index >= 15 is 0 Å². The molecule has 1 N–H and O–H groups in total. The highest BCUT2D eigenvalue weighted by molar-refractivity contribution is 5.45. The Kier molecular flexibility index (Phi) is 2.60. The molecule has 0 saturated heterocycles. The molecule has 5 heteroatoms. The maximum Gasteiger partial charge on any atom is 0.356 e. The summed E-state index contributed by atoms with van der Waals surface area (Å²) in [7, 11) is 0. The monoisotopic (exact) mass is 218 g/mol. The zero-order chi connectivity index (χ0) is 11.7. The van der Waals surface area contributed by atoms with Crippen LogP contribution in [0.25, 0.3) is 5.65 Å². The van der Waals surface area contributed by atoms with Gasteiger partial charge in [-0.25, -0.2) is 9.20 Å². The molecule has 0 aliphatic heterocycles. The molecule has 0 fully saturated rings. The Bertz CT molecular complexity index is 588. The Morgan fingerprint density at radius 3 is 2.75 bits per heavy atom. The minimum absolute atomic E-state index is 0.290. The Morgan fingerprint density at radius 1 is 1.31 bits per heavy atom. The maximum absolute atomic E-state index is 11.8. The highest BCUT2D eigenvalue weighted by Gasteiger charge is 2.06. The summed E-state index contributed by atoms with van der Waals surface area (Å²) in [6.45, 7) is 6.48. The van der Waals surface area contributed by atoms with Crippen molar-refractivity contribution in [1.82, 2.24) is 14.4 Å². The molecule has 0 saturated carbocycles. The van der Waals surface area contributed by atoms with Crippen molar-refractivity contribution in [3.05, 3.63) is 33.9 Å². The minimum Gasteiger partial charge on any atom is -0.354 e. The molecule has 0 unspecified atom stereocenters. The van der Waals surface area contributed by atoms with E-state index in [1.54, 1.807) is 0 Å². The van der Waals surface area contributed by atoms with Gasteiger partial charge in [0.1, 0.15) is 5.65 Å². The van der Waals surface area contributed by atoms with Crippen LogP contribution < -0.4 is 11.0 Å².